The summed E-state index contributed by atoms with van der Waals surface area (Å²) in [6.07, 6.45) is 4.94. The van der Waals surface area contributed by atoms with Crippen molar-refractivity contribution in [2.75, 3.05) is 18.6 Å². The molecule has 226 valence electrons. The van der Waals surface area contributed by atoms with Crippen molar-refractivity contribution in [1.29, 1.82) is 0 Å². The van der Waals surface area contributed by atoms with Gasteiger partial charge in [-0.3, -0.25) is 19.2 Å². The van der Waals surface area contributed by atoms with E-state index < -0.39 is 53.8 Å². The number of rotatable bonds is 19. The second kappa shape index (κ2) is 17.3. The molecule has 1 aromatic heterocycles. The zero-order valence-corrected chi connectivity index (χ0v) is 24.0. The van der Waals surface area contributed by atoms with Crippen molar-refractivity contribution in [2.45, 2.75) is 69.1 Å². The highest BCUT2D eigenvalue weighted by Crippen LogP contribution is 2.19. The lowest BCUT2D eigenvalue weighted by molar-refractivity contribution is -0.142. The summed E-state index contributed by atoms with van der Waals surface area (Å²) in [5.41, 5.74) is 18.3. The molecular formula is C27H41N7O6S. The zero-order valence-electron chi connectivity index (χ0n) is 23.2. The highest BCUT2D eigenvalue weighted by atomic mass is 32.2. The summed E-state index contributed by atoms with van der Waals surface area (Å²) in [4.78, 5) is 65.9. The average molecular weight is 592 g/mol. The number of amides is 4. The third-order valence-corrected chi connectivity index (χ3v) is 7.22. The number of H-pyrrole nitrogens is 1. The molecule has 14 heteroatoms. The van der Waals surface area contributed by atoms with E-state index in [0.29, 0.717) is 37.1 Å². The van der Waals surface area contributed by atoms with Gasteiger partial charge in [-0.25, -0.2) is 4.79 Å². The van der Waals surface area contributed by atoms with Crippen molar-refractivity contribution in [2.24, 2.45) is 17.2 Å². The van der Waals surface area contributed by atoms with Crippen LogP contribution in [0.1, 0.15) is 44.1 Å². The van der Waals surface area contributed by atoms with Crippen molar-refractivity contribution >= 4 is 52.3 Å². The van der Waals surface area contributed by atoms with Gasteiger partial charge in [0.15, 0.2) is 0 Å². The number of benzene rings is 1. The minimum atomic E-state index is -1.21. The van der Waals surface area contributed by atoms with E-state index in [1.807, 2.05) is 30.5 Å². The lowest BCUT2D eigenvalue weighted by atomic mass is 10.0. The number of carboxylic acid groups (broad SMARTS) is 1. The molecule has 0 bridgehead atoms. The fraction of sp³-hybridized carbons (Fsp3) is 0.519. The number of carboxylic acids is 1. The van der Waals surface area contributed by atoms with Crippen LogP contribution in [0.3, 0.4) is 0 Å². The standard InChI is InChI=1S/C27H41N7O6S/c1-41-13-11-18(29)24(36)32-20(9-10-23(30)35)25(37)34-22(14-16-15-31-19-7-3-2-6-17(16)19)26(38)33-21(27(39)40)8-4-5-12-28/h2-3,6-7,15,18,20-22,31H,4-5,8-14,28-29H2,1H3,(H2,30,35)(H,32,36)(H,33,38)(H,34,37)(H,39,40). The van der Waals surface area contributed by atoms with E-state index in [9.17, 15) is 29.1 Å². The summed E-state index contributed by atoms with van der Waals surface area (Å²) in [7, 11) is 0. The molecule has 0 radical (unpaired) electrons. The van der Waals surface area contributed by atoms with Crippen molar-refractivity contribution in [3.05, 3.63) is 36.0 Å². The Hall–Kier alpha value is -3.62. The summed E-state index contributed by atoms with van der Waals surface area (Å²) in [5, 5.41) is 18.2. The Bertz CT molecular complexity index is 1190. The molecule has 0 saturated carbocycles. The number of carbonyl (C=O) groups is 5. The number of hydrogen-bond donors (Lipinski definition) is 8. The number of thioether (sulfide) groups is 1. The second-order valence-electron chi connectivity index (χ2n) is 9.76. The lowest BCUT2D eigenvalue weighted by Gasteiger charge is -2.25. The van der Waals surface area contributed by atoms with Crippen LogP contribution in [0, 0.1) is 0 Å². The van der Waals surface area contributed by atoms with Gasteiger partial charge in [0.05, 0.1) is 6.04 Å². The quantitative estimate of drug-likeness (QED) is 0.100. The Morgan fingerprint density at radius 3 is 2.24 bits per heavy atom. The molecule has 0 saturated heterocycles. The smallest absolute Gasteiger partial charge is 0.326 e. The fourth-order valence-electron chi connectivity index (χ4n) is 4.23. The van der Waals surface area contributed by atoms with Crippen LogP contribution in [-0.2, 0) is 30.4 Å². The number of fused-ring (bicyclic) bond motifs is 1. The number of unbranched alkanes of at least 4 members (excludes halogenated alkanes) is 1. The first-order valence-electron chi connectivity index (χ1n) is 13.5. The SMILES string of the molecule is CSCCC(N)C(=O)NC(CCC(N)=O)C(=O)NC(Cc1c[nH]c2ccccc12)C(=O)NC(CCCCN)C(=O)O. The van der Waals surface area contributed by atoms with E-state index in [2.05, 4.69) is 20.9 Å². The van der Waals surface area contributed by atoms with Crippen LogP contribution >= 0.6 is 11.8 Å². The third kappa shape index (κ3) is 11.1. The van der Waals surface area contributed by atoms with E-state index in [1.165, 1.54) is 11.8 Å². The molecule has 1 heterocycles. The van der Waals surface area contributed by atoms with Crippen LogP contribution in [0.4, 0.5) is 0 Å². The highest BCUT2D eigenvalue weighted by molar-refractivity contribution is 7.98. The molecule has 0 aliphatic heterocycles. The Labute approximate surface area is 243 Å². The van der Waals surface area contributed by atoms with E-state index in [-0.39, 0.29) is 25.7 Å². The minimum absolute atomic E-state index is 0.0282. The molecule has 1 aromatic carbocycles. The van der Waals surface area contributed by atoms with Gasteiger partial charge in [0.2, 0.25) is 23.6 Å². The highest BCUT2D eigenvalue weighted by Gasteiger charge is 2.31. The number of aromatic nitrogens is 1. The molecule has 0 spiro atoms. The first kappa shape index (κ1) is 33.6. The number of carbonyl (C=O) groups excluding carboxylic acids is 4. The van der Waals surface area contributed by atoms with E-state index in [4.69, 9.17) is 17.2 Å². The maximum absolute atomic E-state index is 13.4. The summed E-state index contributed by atoms with van der Waals surface area (Å²) in [5.74, 6) is -3.26. The number of nitrogens with one attached hydrogen (secondary N) is 4. The first-order chi connectivity index (χ1) is 19.6. The number of nitrogens with two attached hydrogens (primary N) is 3. The van der Waals surface area contributed by atoms with Gasteiger partial charge in [-0.1, -0.05) is 18.2 Å². The maximum atomic E-state index is 13.4. The number of primary amides is 1. The van der Waals surface area contributed by atoms with Crippen LogP contribution in [0.15, 0.2) is 30.5 Å². The summed E-state index contributed by atoms with van der Waals surface area (Å²) >= 11 is 1.52. The monoisotopic (exact) mass is 591 g/mol. The Balaban J connectivity index is 2.30. The Morgan fingerprint density at radius 2 is 1.59 bits per heavy atom. The molecule has 2 aromatic rings. The van der Waals surface area contributed by atoms with Gasteiger partial charge in [0, 0.05) is 29.9 Å². The molecule has 11 N–H and O–H groups in total. The largest absolute Gasteiger partial charge is 0.480 e. The van der Waals surface area contributed by atoms with Crippen molar-refractivity contribution in [3.63, 3.8) is 0 Å². The molecule has 2 rings (SSSR count). The van der Waals surface area contributed by atoms with Crippen molar-refractivity contribution < 1.29 is 29.1 Å². The maximum Gasteiger partial charge on any atom is 0.326 e. The molecule has 4 unspecified atom stereocenters. The molecule has 0 aliphatic rings. The fourth-order valence-corrected chi connectivity index (χ4v) is 4.72. The summed E-state index contributed by atoms with van der Waals surface area (Å²) in [6, 6.07) is 2.95. The van der Waals surface area contributed by atoms with Gasteiger partial charge >= 0.3 is 5.97 Å². The van der Waals surface area contributed by atoms with Crippen LogP contribution in [0.2, 0.25) is 0 Å². The number of para-hydroxylation sites is 1. The minimum Gasteiger partial charge on any atom is -0.480 e. The molecule has 4 amide bonds. The van der Waals surface area contributed by atoms with Crippen molar-refractivity contribution in [3.8, 4) is 0 Å². The third-order valence-electron chi connectivity index (χ3n) is 6.58. The lowest BCUT2D eigenvalue weighted by Crippen LogP contribution is -2.57. The molecule has 0 fully saturated rings. The van der Waals surface area contributed by atoms with E-state index in [0.717, 1.165) is 10.9 Å². The number of hydrogen-bond acceptors (Lipinski definition) is 8. The summed E-state index contributed by atoms with van der Waals surface area (Å²) in [6.45, 7) is 0.388. The van der Waals surface area contributed by atoms with Gasteiger partial charge in [0.25, 0.3) is 0 Å². The molecule has 4 atom stereocenters. The molecule has 0 aliphatic carbocycles. The Kier molecular flexibility index (Phi) is 14.1. The predicted molar refractivity (Wildman–Crippen MR) is 158 cm³/mol. The number of aromatic amines is 1. The van der Waals surface area contributed by atoms with Gasteiger partial charge in [0.1, 0.15) is 18.1 Å². The van der Waals surface area contributed by atoms with E-state index in [1.54, 1.807) is 6.20 Å². The molecule has 13 nitrogen and oxygen atoms in total. The van der Waals surface area contributed by atoms with Crippen LogP contribution in [-0.4, -0.2) is 82.4 Å². The molecule has 41 heavy (non-hydrogen) atoms. The zero-order chi connectivity index (χ0) is 30.4. The van der Waals surface area contributed by atoms with Gasteiger partial charge < -0.3 is 43.2 Å². The normalized spacial score (nSPS) is 14.0. The topological polar surface area (TPSA) is 236 Å². The second-order valence-corrected chi connectivity index (χ2v) is 10.7. The predicted octanol–water partition coefficient (Wildman–Crippen LogP) is -0.276. The van der Waals surface area contributed by atoms with Crippen LogP contribution < -0.4 is 33.2 Å². The van der Waals surface area contributed by atoms with Gasteiger partial charge in [-0.2, -0.15) is 11.8 Å². The van der Waals surface area contributed by atoms with E-state index >= 15 is 0 Å². The molecular weight excluding hydrogens is 550 g/mol. The first-order valence-corrected chi connectivity index (χ1v) is 14.9. The van der Waals surface area contributed by atoms with Gasteiger partial charge in [-0.05, 0) is 62.3 Å². The van der Waals surface area contributed by atoms with Gasteiger partial charge in [-0.15, -0.1) is 0 Å². The van der Waals surface area contributed by atoms with Crippen LogP contribution in [0.25, 0.3) is 10.9 Å². The van der Waals surface area contributed by atoms with Crippen molar-refractivity contribution in [1.82, 2.24) is 20.9 Å². The average Bonchev–Trinajstić information content (AvgIpc) is 3.35. The summed E-state index contributed by atoms with van der Waals surface area (Å²) < 4.78 is 0. The Morgan fingerprint density at radius 1 is 0.927 bits per heavy atom. The van der Waals surface area contributed by atoms with Crippen LogP contribution in [0.5, 0.6) is 0 Å². The number of aliphatic carboxylic acids is 1.